The molecule has 0 bridgehead atoms. The lowest BCUT2D eigenvalue weighted by atomic mass is 10.3. The van der Waals surface area contributed by atoms with Crippen LogP contribution >= 0.6 is 22.9 Å². The number of rotatable bonds is 6. The van der Waals surface area contributed by atoms with Gasteiger partial charge in [0.05, 0.1) is 23.7 Å². The second-order valence-corrected chi connectivity index (χ2v) is 5.86. The van der Waals surface area contributed by atoms with E-state index in [-0.39, 0.29) is 12.5 Å². The van der Waals surface area contributed by atoms with Crippen molar-refractivity contribution in [1.82, 2.24) is 5.32 Å². The lowest BCUT2D eigenvalue weighted by Crippen LogP contribution is -2.27. The number of thiophene rings is 1. The maximum absolute atomic E-state index is 11.8. The Morgan fingerprint density at radius 2 is 2.10 bits per heavy atom. The van der Waals surface area contributed by atoms with E-state index in [4.69, 9.17) is 16.3 Å². The summed E-state index contributed by atoms with van der Waals surface area (Å²) in [5.74, 6) is 0.531. The summed E-state index contributed by atoms with van der Waals surface area (Å²) in [5, 5.41) is 5.88. The number of nitrogens with one attached hydrogen (secondary N) is 2. The van der Waals surface area contributed by atoms with Crippen molar-refractivity contribution in [3.05, 3.63) is 45.6 Å². The van der Waals surface area contributed by atoms with Gasteiger partial charge in [-0.2, -0.15) is 0 Å². The van der Waals surface area contributed by atoms with Crippen LogP contribution in [0.1, 0.15) is 4.88 Å². The van der Waals surface area contributed by atoms with Gasteiger partial charge in [-0.15, -0.1) is 11.3 Å². The van der Waals surface area contributed by atoms with Gasteiger partial charge in [-0.1, -0.05) is 23.7 Å². The summed E-state index contributed by atoms with van der Waals surface area (Å²) in [6, 6.07) is 11.1. The van der Waals surface area contributed by atoms with E-state index in [9.17, 15) is 4.79 Å². The fourth-order valence-electron chi connectivity index (χ4n) is 1.69. The van der Waals surface area contributed by atoms with Crippen LogP contribution in [0, 0.1) is 0 Å². The van der Waals surface area contributed by atoms with Crippen molar-refractivity contribution in [3.63, 3.8) is 0 Å². The smallest absolute Gasteiger partial charge is 0.238 e. The highest BCUT2D eigenvalue weighted by molar-refractivity contribution is 7.16. The number of benzene rings is 1. The molecule has 20 heavy (non-hydrogen) atoms. The standard InChI is InChI=1S/C14H15ClN2O2S/c1-19-12-5-3-2-4-11(12)17-14(18)9-16-8-10-6-7-13(15)20-10/h2-7,16H,8-9H2,1H3,(H,17,18). The van der Waals surface area contributed by atoms with E-state index in [0.717, 1.165) is 9.21 Å². The fourth-order valence-corrected chi connectivity index (χ4v) is 2.75. The zero-order chi connectivity index (χ0) is 14.4. The summed E-state index contributed by atoms with van der Waals surface area (Å²) in [6.45, 7) is 0.851. The van der Waals surface area contributed by atoms with Crippen molar-refractivity contribution in [2.75, 3.05) is 19.0 Å². The highest BCUT2D eigenvalue weighted by Gasteiger charge is 2.06. The van der Waals surface area contributed by atoms with Crippen molar-refractivity contribution in [2.24, 2.45) is 0 Å². The lowest BCUT2D eigenvalue weighted by Gasteiger charge is -2.10. The third-order valence-corrected chi connectivity index (χ3v) is 3.83. The molecule has 0 aliphatic rings. The molecule has 1 amide bonds. The van der Waals surface area contributed by atoms with E-state index >= 15 is 0 Å². The molecule has 0 aliphatic heterocycles. The zero-order valence-corrected chi connectivity index (χ0v) is 12.6. The minimum absolute atomic E-state index is 0.114. The Kier molecular flexibility index (Phi) is 5.40. The van der Waals surface area contributed by atoms with Gasteiger partial charge in [0.25, 0.3) is 0 Å². The summed E-state index contributed by atoms with van der Waals surface area (Å²) in [7, 11) is 1.57. The third-order valence-electron chi connectivity index (χ3n) is 2.59. The van der Waals surface area contributed by atoms with Gasteiger partial charge < -0.3 is 15.4 Å². The summed E-state index contributed by atoms with van der Waals surface area (Å²) >= 11 is 7.34. The number of hydrogen-bond donors (Lipinski definition) is 2. The molecule has 1 heterocycles. The van der Waals surface area contributed by atoms with Gasteiger partial charge in [0.2, 0.25) is 5.91 Å². The lowest BCUT2D eigenvalue weighted by molar-refractivity contribution is -0.115. The van der Waals surface area contributed by atoms with Crippen molar-refractivity contribution in [2.45, 2.75) is 6.54 Å². The Labute approximate surface area is 126 Å². The minimum atomic E-state index is -0.114. The number of amides is 1. The van der Waals surface area contributed by atoms with Crippen LogP contribution < -0.4 is 15.4 Å². The minimum Gasteiger partial charge on any atom is -0.495 e. The van der Waals surface area contributed by atoms with E-state index in [2.05, 4.69) is 10.6 Å². The van der Waals surface area contributed by atoms with Gasteiger partial charge >= 0.3 is 0 Å². The molecule has 106 valence electrons. The monoisotopic (exact) mass is 310 g/mol. The van der Waals surface area contributed by atoms with E-state index in [1.54, 1.807) is 19.2 Å². The van der Waals surface area contributed by atoms with E-state index in [1.807, 2.05) is 24.3 Å². The number of carbonyl (C=O) groups is 1. The molecule has 4 nitrogen and oxygen atoms in total. The average Bonchev–Trinajstić information content (AvgIpc) is 2.85. The molecule has 0 aliphatic carbocycles. The summed E-state index contributed by atoms with van der Waals surface area (Å²) < 4.78 is 5.92. The normalized spacial score (nSPS) is 10.3. The first-order valence-electron chi connectivity index (χ1n) is 6.07. The van der Waals surface area contributed by atoms with Crippen LogP contribution in [0.5, 0.6) is 5.75 Å². The van der Waals surface area contributed by atoms with Crippen molar-refractivity contribution < 1.29 is 9.53 Å². The average molecular weight is 311 g/mol. The van der Waals surface area contributed by atoms with Crippen LogP contribution in [-0.4, -0.2) is 19.6 Å². The molecule has 2 rings (SSSR count). The molecule has 0 saturated heterocycles. The Balaban J connectivity index is 1.80. The molecule has 2 N–H and O–H groups in total. The number of hydrogen-bond acceptors (Lipinski definition) is 4. The Morgan fingerprint density at radius 3 is 2.80 bits per heavy atom. The molecule has 1 aromatic heterocycles. The summed E-state index contributed by atoms with van der Waals surface area (Å²) in [5.41, 5.74) is 0.668. The van der Waals surface area contributed by atoms with Crippen molar-refractivity contribution in [1.29, 1.82) is 0 Å². The molecule has 6 heteroatoms. The quantitative estimate of drug-likeness (QED) is 0.862. The number of para-hydroxylation sites is 2. The number of carbonyl (C=O) groups excluding carboxylic acids is 1. The highest BCUT2D eigenvalue weighted by atomic mass is 35.5. The maximum atomic E-state index is 11.8. The molecule has 0 saturated carbocycles. The van der Waals surface area contributed by atoms with Crippen LogP contribution in [-0.2, 0) is 11.3 Å². The molecule has 1 aromatic carbocycles. The number of ether oxygens (including phenoxy) is 1. The molecular formula is C14H15ClN2O2S. The van der Waals surface area contributed by atoms with Crippen molar-refractivity contribution >= 4 is 34.5 Å². The zero-order valence-electron chi connectivity index (χ0n) is 11.0. The SMILES string of the molecule is COc1ccccc1NC(=O)CNCc1ccc(Cl)s1. The molecule has 0 spiro atoms. The summed E-state index contributed by atoms with van der Waals surface area (Å²) in [6.07, 6.45) is 0. The summed E-state index contributed by atoms with van der Waals surface area (Å²) in [4.78, 5) is 12.9. The van der Waals surface area contributed by atoms with Gasteiger partial charge in [0, 0.05) is 11.4 Å². The molecule has 0 fully saturated rings. The van der Waals surface area contributed by atoms with Crippen LogP contribution in [0.4, 0.5) is 5.69 Å². The van der Waals surface area contributed by atoms with Gasteiger partial charge in [0.15, 0.2) is 0 Å². The molecular weight excluding hydrogens is 296 g/mol. The maximum Gasteiger partial charge on any atom is 0.238 e. The third kappa shape index (κ3) is 4.23. The predicted molar refractivity (Wildman–Crippen MR) is 82.7 cm³/mol. The second-order valence-electron chi connectivity index (χ2n) is 4.06. The fraction of sp³-hybridized carbons (Fsp3) is 0.214. The van der Waals surface area contributed by atoms with Crippen LogP contribution in [0.2, 0.25) is 4.34 Å². The number of methoxy groups -OCH3 is 1. The van der Waals surface area contributed by atoms with E-state index in [0.29, 0.717) is 18.0 Å². The second kappa shape index (κ2) is 7.28. The first-order chi connectivity index (χ1) is 9.69. The van der Waals surface area contributed by atoms with E-state index in [1.165, 1.54) is 11.3 Å². The number of anilines is 1. The Hall–Kier alpha value is -1.56. The van der Waals surface area contributed by atoms with Crippen LogP contribution in [0.25, 0.3) is 0 Å². The largest absolute Gasteiger partial charge is 0.495 e. The molecule has 0 atom stereocenters. The predicted octanol–water partition coefficient (Wildman–Crippen LogP) is 3.14. The van der Waals surface area contributed by atoms with Gasteiger partial charge in [0.1, 0.15) is 5.75 Å². The van der Waals surface area contributed by atoms with Crippen molar-refractivity contribution in [3.8, 4) is 5.75 Å². The molecule has 0 radical (unpaired) electrons. The Bertz CT molecular complexity index is 586. The topological polar surface area (TPSA) is 50.4 Å². The Morgan fingerprint density at radius 1 is 1.30 bits per heavy atom. The highest BCUT2D eigenvalue weighted by Crippen LogP contribution is 2.23. The van der Waals surface area contributed by atoms with Gasteiger partial charge in [-0.3, -0.25) is 4.79 Å². The number of halogens is 1. The van der Waals surface area contributed by atoms with Gasteiger partial charge in [-0.25, -0.2) is 0 Å². The first kappa shape index (κ1) is 14.8. The van der Waals surface area contributed by atoms with E-state index < -0.39 is 0 Å². The van der Waals surface area contributed by atoms with Gasteiger partial charge in [-0.05, 0) is 24.3 Å². The van der Waals surface area contributed by atoms with Crippen LogP contribution in [0.3, 0.4) is 0 Å². The molecule has 2 aromatic rings. The van der Waals surface area contributed by atoms with Crippen LogP contribution in [0.15, 0.2) is 36.4 Å². The molecule has 0 unspecified atom stereocenters. The first-order valence-corrected chi connectivity index (χ1v) is 7.26.